The van der Waals surface area contributed by atoms with Crippen LogP contribution in [0.5, 0.6) is 11.5 Å². The Labute approximate surface area is 512 Å². The molecule has 2 unspecified atom stereocenters. The molecule has 88 heavy (non-hydrogen) atoms. The summed E-state index contributed by atoms with van der Waals surface area (Å²) < 4.78 is 107. The number of H-pyrrole nitrogens is 1. The second kappa shape index (κ2) is 34.5. The molecule has 1 aromatic heterocycles. The quantitative estimate of drug-likeness (QED) is 0.0186. The number of aryl methyl sites for hydroxylation is 1. The molecule has 0 radical (unpaired) electrons. The second-order valence-electron chi connectivity index (χ2n) is 21.2. The van der Waals surface area contributed by atoms with Crippen LogP contribution in [-0.2, 0) is 90.5 Å². The van der Waals surface area contributed by atoms with Gasteiger partial charge in [-0.05, 0) is 75.6 Å². The van der Waals surface area contributed by atoms with Gasteiger partial charge in [-0.1, -0.05) is 54.6 Å². The van der Waals surface area contributed by atoms with E-state index in [-0.39, 0.29) is 103 Å². The maximum Gasteiger partial charge on any atom is 0.409 e. The number of rotatable bonds is 36. The average molecular weight is 1260 g/mol. The molecule has 486 valence electrons. The highest BCUT2D eigenvalue weighted by molar-refractivity contribution is 7.51. The van der Waals surface area contributed by atoms with Crippen LogP contribution < -0.4 is 26.0 Å². The van der Waals surface area contributed by atoms with Crippen molar-refractivity contribution in [3.05, 3.63) is 128 Å². The number of nitrogens with zero attached hydrogens (tertiary/aromatic N) is 2. The van der Waals surface area contributed by atoms with E-state index in [4.69, 9.17) is 70.6 Å². The summed E-state index contributed by atoms with van der Waals surface area (Å²) in [6, 6.07) is 23.0. The van der Waals surface area contributed by atoms with Gasteiger partial charge in [0.2, 0.25) is 5.91 Å². The summed E-state index contributed by atoms with van der Waals surface area (Å²) in [4.78, 5) is 76.4. The van der Waals surface area contributed by atoms with Crippen molar-refractivity contribution in [3.8, 4) is 11.5 Å². The molecule has 27 heteroatoms. The Morgan fingerprint density at radius 3 is 1.68 bits per heavy atom. The van der Waals surface area contributed by atoms with Crippen LogP contribution in [0.25, 0.3) is 0 Å². The molecule has 6 rings (SSSR count). The third kappa shape index (κ3) is 19.8. The van der Waals surface area contributed by atoms with Crippen molar-refractivity contribution in [1.29, 1.82) is 0 Å². The summed E-state index contributed by atoms with van der Waals surface area (Å²) in [5, 5.41) is 2.64. The Kier molecular flexibility index (Phi) is 27.8. The van der Waals surface area contributed by atoms with Crippen molar-refractivity contribution in [2.24, 2.45) is 0 Å². The molecule has 3 heterocycles. The number of hydrogen-bond acceptors (Lipinski definition) is 22. The lowest BCUT2D eigenvalue weighted by Gasteiger charge is -2.44. The maximum absolute atomic E-state index is 15.5. The predicted octanol–water partition coefficient (Wildman–Crippen LogP) is 5.53. The van der Waals surface area contributed by atoms with Gasteiger partial charge in [0.1, 0.15) is 54.3 Å². The topological polar surface area (TPSA) is 294 Å². The first-order chi connectivity index (χ1) is 42.1. The summed E-state index contributed by atoms with van der Waals surface area (Å²) in [5.74, 6) is -1.30. The molecule has 2 saturated heterocycles. The summed E-state index contributed by atoms with van der Waals surface area (Å²) in [6.45, 7) is 14.6. The van der Waals surface area contributed by atoms with Gasteiger partial charge in [0.25, 0.3) is 5.56 Å². The second-order valence-corrected chi connectivity index (χ2v) is 23.1. The van der Waals surface area contributed by atoms with E-state index in [9.17, 15) is 28.8 Å². The molecule has 2 aliphatic rings. The number of carbonyl (C=O) groups excluding carboxylic acids is 4. The number of ether oxygens (including phenoxy) is 13. The zero-order valence-electron chi connectivity index (χ0n) is 51.9. The molecule has 4 aromatic rings. The number of amides is 1. The summed E-state index contributed by atoms with van der Waals surface area (Å²) >= 11 is 0. The van der Waals surface area contributed by atoms with E-state index in [2.05, 4.69) is 10.3 Å². The normalized spacial score (nSPS) is 21.0. The van der Waals surface area contributed by atoms with Gasteiger partial charge in [-0.2, -0.15) is 0 Å². The Morgan fingerprint density at radius 1 is 0.670 bits per heavy atom. The van der Waals surface area contributed by atoms with Crippen LogP contribution >= 0.6 is 7.75 Å². The highest BCUT2D eigenvalue weighted by atomic mass is 31.2. The number of aromatic amines is 1. The minimum atomic E-state index is -4.23. The van der Waals surface area contributed by atoms with Crippen molar-refractivity contribution in [2.75, 3.05) is 93.5 Å². The first kappa shape index (κ1) is 70.7. The molecule has 0 spiro atoms. The Morgan fingerprint density at radius 2 is 1.18 bits per heavy atom. The average Bonchev–Trinajstić information content (AvgIpc) is 1.14. The molecule has 0 bridgehead atoms. The summed E-state index contributed by atoms with van der Waals surface area (Å²) in [5.41, 5.74) is 0.0767. The van der Waals surface area contributed by atoms with E-state index in [0.717, 1.165) is 30.5 Å². The van der Waals surface area contributed by atoms with Crippen LogP contribution in [0.2, 0.25) is 0 Å². The summed E-state index contributed by atoms with van der Waals surface area (Å²) in [7, 11) is -1.05. The van der Waals surface area contributed by atoms with Gasteiger partial charge < -0.3 is 66.9 Å². The molecule has 0 saturated carbocycles. The molecular weight excluding hydrogens is 1170 g/mol. The monoisotopic (exact) mass is 1260 g/mol. The molecule has 9 atom stereocenters. The third-order valence-electron chi connectivity index (χ3n) is 14.1. The van der Waals surface area contributed by atoms with Crippen molar-refractivity contribution < 1.29 is 94.4 Å². The molecule has 2 N–H and O–H groups in total. The van der Waals surface area contributed by atoms with Gasteiger partial charge >= 0.3 is 31.3 Å². The SMILES string of the molecule is COc1ccc(C(OC[C@H]2O[C@@H](n3cc(C)c(=O)[nH]c3=O)CC2OP(=O)(OCCOCCOCCOCCOCCO[C@@H]2O[C@H](COC(C)=O)[C@H](OC(C)=O)[C@H](OC(C)=O)[C@@H]2NC(C)=O)N(C(C)C)C(C)C)(c2ccccc2)c2ccc(OC)cc2)cc1. The standard InChI is InChI=1S/C61H85N4O22P/c1-39(2)65(40(3)4)88(72,82-34-32-78-30-28-76-26-25-75-27-29-77-31-33-79-59-55(62-42(6)66)57(84-45(9)69)56(83-44(8)68)53(86-59)37-80-43(7)67)87-51-35-54(64-36-41(5)58(70)63-60(64)71)85-52(51)38-81-61(46-15-13-12-14-16-46,47-17-21-49(73-10)22-18-47)48-19-23-50(74-11)24-20-48/h12-24,36,39-40,51-57,59H,25-35,37-38H2,1-11H3,(H,62,66)(H,63,70,71)/t51?,52-,53-,54-,55+,56+,57-,59-,88?/m1/s1. The van der Waals surface area contributed by atoms with Crippen LogP contribution in [0.3, 0.4) is 0 Å². The molecule has 26 nitrogen and oxygen atoms in total. The van der Waals surface area contributed by atoms with E-state index in [0.29, 0.717) is 11.5 Å². The lowest BCUT2D eigenvalue weighted by atomic mass is 9.80. The number of aromatic nitrogens is 2. The molecule has 0 aliphatic carbocycles. The van der Waals surface area contributed by atoms with Gasteiger partial charge in [-0.25, -0.2) is 14.0 Å². The first-order valence-corrected chi connectivity index (χ1v) is 30.6. The molecule has 1 amide bonds. The fourth-order valence-corrected chi connectivity index (χ4v) is 12.6. The van der Waals surface area contributed by atoms with E-state index in [1.165, 1.54) is 24.6 Å². The lowest BCUT2D eigenvalue weighted by Crippen LogP contribution is -2.66. The molecular formula is C61H85N4O22P. The van der Waals surface area contributed by atoms with Crippen LogP contribution in [0.4, 0.5) is 0 Å². The van der Waals surface area contributed by atoms with Gasteiger partial charge in [0.15, 0.2) is 18.5 Å². The summed E-state index contributed by atoms with van der Waals surface area (Å²) in [6.07, 6.45) is -6.32. The maximum atomic E-state index is 15.5. The van der Waals surface area contributed by atoms with Gasteiger partial charge in [0.05, 0.1) is 86.9 Å². The Bertz CT molecular complexity index is 2940. The number of carbonyl (C=O) groups is 4. The number of esters is 3. The number of benzene rings is 3. The van der Waals surface area contributed by atoms with Crippen molar-refractivity contribution in [3.63, 3.8) is 0 Å². The van der Waals surface area contributed by atoms with Crippen LogP contribution in [0.15, 0.2) is 94.6 Å². The zero-order valence-corrected chi connectivity index (χ0v) is 52.8. The Balaban J connectivity index is 1.03. The van der Waals surface area contributed by atoms with Gasteiger partial charge in [0, 0.05) is 58.0 Å². The molecule has 3 aromatic carbocycles. The number of nitrogens with one attached hydrogen (secondary N) is 2. The predicted molar refractivity (Wildman–Crippen MR) is 317 cm³/mol. The van der Waals surface area contributed by atoms with E-state index >= 15 is 4.57 Å². The minimum absolute atomic E-state index is 0.0190. The van der Waals surface area contributed by atoms with E-state index in [1.54, 1.807) is 25.8 Å². The highest BCUT2D eigenvalue weighted by Crippen LogP contribution is 2.57. The van der Waals surface area contributed by atoms with E-state index < -0.39 is 97.5 Å². The highest BCUT2D eigenvalue weighted by Gasteiger charge is 2.52. The Hall–Kier alpha value is -6.39. The van der Waals surface area contributed by atoms with Gasteiger partial charge in [-0.15, -0.1) is 0 Å². The smallest absolute Gasteiger partial charge is 0.409 e. The van der Waals surface area contributed by atoms with Crippen LogP contribution in [0.1, 0.15) is 90.3 Å². The zero-order chi connectivity index (χ0) is 64.0. The van der Waals surface area contributed by atoms with Crippen molar-refractivity contribution in [1.82, 2.24) is 19.5 Å². The third-order valence-corrected chi connectivity index (χ3v) is 16.6. The van der Waals surface area contributed by atoms with Crippen molar-refractivity contribution in [2.45, 2.75) is 135 Å². The first-order valence-electron chi connectivity index (χ1n) is 29.1. The van der Waals surface area contributed by atoms with Crippen LogP contribution in [-0.4, -0.2) is 186 Å². The molecule has 2 fully saturated rings. The van der Waals surface area contributed by atoms with Gasteiger partial charge in [-0.3, -0.25) is 42.6 Å². The largest absolute Gasteiger partial charge is 0.497 e. The number of methoxy groups -OCH3 is 2. The van der Waals surface area contributed by atoms with Crippen LogP contribution in [0, 0.1) is 6.92 Å². The van der Waals surface area contributed by atoms with E-state index in [1.807, 2.05) is 107 Å². The fourth-order valence-electron chi connectivity index (χ4n) is 10.3. The fraction of sp³-hybridized carbons (Fsp3) is 0.574. The number of hydrogen-bond donors (Lipinski definition) is 2. The minimum Gasteiger partial charge on any atom is -0.497 e. The lowest BCUT2D eigenvalue weighted by molar-refractivity contribution is -0.279. The van der Waals surface area contributed by atoms with Crippen molar-refractivity contribution >= 4 is 31.6 Å². The molecule has 2 aliphatic heterocycles.